The molecular weight excluding hydrogens is 591 g/mol. The van der Waals surface area contributed by atoms with Gasteiger partial charge in [-0.2, -0.15) is 10.2 Å². The standard InChI is InChI=1S/C31H30ClFN6O5/c32-24-14-20(33)2-4-27(24)43-18-28-35-10-6-30(37-28)44-22-7-11-38(21(15-22)5-9-34)17-29-36-25-3-1-19(31(40)41)13-26(25)39(29)16-23-8-12-42-23/h1-4,6,10,13-14,21-23H,5,7-8,11-12,15-18H2,(H,40,41)/t21-,22-,23-/m0/s1. The molecule has 2 fully saturated rings. The van der Waals surface area contributed by atoms with E-state index in [-0.39, 0.29) is 35.4 Å². The first-order chi connectivity index (χ1) is 21.4. The Bertz CT molecular complexity index is 1710. The molecule has 0 aliphatic carbocycles. The Hall–Kier alpha value is -4.31. The number of rotatable bonds is 11. The van der Waals surface area contributed by atoms with Crippen molar-refractivity contribution in [2.75, 3.05) is 13.2 Å². The summed E-state index contributed by atoms with van der Waals surface area (Å²) in [7, 11) is 0. The van der Waals surface area contributed by atoms with Gasteiger partial charge < -0.3 is 23.9 Å². The first kappa shape index (κ1) is 29.7. The second-order valence-electron chi connectivity index (χ2n) is 10.9. The predicted octanol–water partition coefficient (Wildman–Crippen LogP) is 5.01. The third-order valence-corrected chi connectivity index (χ3v) is 8.23. The first-order valence-corrected chi connectivity index (χ1v) is 14.8. The molecule has 1 N–H and O–H groups in total. The summed E-state index contributed by atoms with van der Waals surface area (Å²) in [5, 5.41) is 19.3. The van der Waals surface area contributed by atoms with Crippen LogP contribution in [-0.2, 0) is 24.4 Å². The van der Waals surface area contributed by atoms with Gasteiger partial charge >= 0.3 is 5.97 Å². The molecule has 6 rings (SSSR count). The van der Waals surface area contributed by atoms with Crippen LogP contribution in [0, 0.1) is 17.1 Å². The van der Waals surface area contributed by atoms with Crippen molar-refractivity contribution >= 4 is 28.6 Å². The van der Waals surface area contributed by atoms with Crippen LogP contribution in [0.4, 0.5) is 4.39 Å². The van der Waals surface area contributed by atoms with Crippen molar-refractivity contribution in [3.63, 3.8) is 0 Å². The van der Waals surface area contributed by atoms with E-state index in [4.69, 9.17) is 30.8 Å². The van der Waals surface area contributed by atoms with Gasteiger partial charge in [-0.3, -0.25) is 4.90 Å². The molecule has 11 nitrogen and oxygen atoms in total. The smallest absolute Gasteiger partial charge is 0.335 e. The number of fused-ring (bicyclic) bond motifs is 1. The molecule has 228 valence electrons. The number of aromatic nitrogens is 4. The summed E-state index contributed by atoms with van der Waals surface area (Å²) in [5.74, 6) is 0.473. The van der Waals surface area contributed by atoms with Gasteiger partial charge in [0.2, 0.25) is 5.88 Å². The van der Waals surface area contributed by atoms with Crippen molar-refractivity contribution in [2.24, 2.45) is 0 Å². The Morgan fingerprint density at radius 1 is 1.20 bits per heavy atom. The van der Waals surface area contributed by atoms with Crippen molar-refractivity contribution in [2.45, 2.75) is 63.6 Å². The van der Waals surface area contributed by atoms with Crippen LogP contribution in [0.15, 0.2) is 48.7 Å². The number of likely N-dealkylation sites (tertiary alicyclic amines) is 1. The van der Waals surface area contributed by atoms with Gasteiger partial charge in [-0.05, 0) is 49.2 Å². The molecule has 2 aliphatic rings. The van der Waals surface area contributed by atoms with E-state index in [1.165, 1.54) is 18.2 Å². The molecule has 44 heavy (non-hydrogen) atoms. The Labute approximate surface area is 257 Å². The molecule has 0 bridgehead atoms. The molecule has 2 aliphatic heterocycles. The number of piperidine rings is 1. The summed E-state index contributed by atoms with van der Waals surface area (Å²) < 4.78 is 33.0. The molecule has 4 aromatic rings. The normalized spacial score (nSPS) is 20.2. The lowest BCUT2D eigenvalue weighted by atomic mass is 9.97. The first-order valence-electron chi connectivity index (χ1n) is 14.4. The highest BCUT2D eigenvalue weighted by Crippen LogP contribution is 2.29. The fourth-order valence-electron chi connectivity index (χ4n) is 5.56. The Balaban J connectivity index is 1.13. The lowest BCUT2D eigenvalue weighted by molar-refractivity contribution is -0.0593. The van der Waals surface area contributed by atoms with Crippen molar-refractivity contribution in [3.05, 3.63) is 76.7 Å². The maximum absolute atomic E-state index is 13.3. The minimum absolute atomic E-state index is 0.0267. The third kappa shape index (κ3) is 6.75. The lowest BCUT2D eigenvalue weighted by Gasteiger charge is -2.38. The second-order valence-corrected chi connectivity index (χ2v) is 11.3. The minimum Gasteiger partial charge on any atom is -0.484 e. The van der Waals surface area contributed by atoms with Gasteiger partial charge in [-0.15, -0.1) is 0 Å². The van der Waals surface area contributed by atoms with E-state index in [9.17, 15) is 19.6 Å². The topological polar surface area (TPSA) is 136 Å². The number of nitrogens with zero attached hydrogens (tertiary/aromatic N) is 6. The SMILES string of the molecule is N#CC[C@H]1C[C@@H](Oc2ccnc(COc3ccc(F)cc3Cl)n2)CCN1Cc1nc2ccc(C(=O)O)cc2n1C[C@@H]1CCO1. The second kappa shape index (κ2) is 13.1. The summed E-state index contributed by atoms with van der Waals surface area (Å²) in [6.07, 6.45) is 4.05. The minimum atomic E-state index is -0.988. The van der Waals surface area contributed by atoms with Crippen LogP contribution in [0.25, 0.3) is 11.0 Å². The molecule has 0 saturated carbocycles. The highest BCUT2D eigenvalue weighted by Gasteiger charge is 2.32. The molecule has 4 heterocycles. The van der Waals surface area contributed by atoms with Gasteiger partial charge in [0.05, 0.1) is 53.3 Å². The molecule has 13 heteroatoms. The highest BCUT2D eigenvalue weighted by atomic mass is 35.5. The van der Waals surface area contributed by atoms with Crippen LogP contribution in [0.5, 0.6) is 11.6 Å². The maximum Gasteiger partial charge on any atom is 0.335 e. The summed E-state index contributed by atoms with van der Waals surface area (Å²) >= 11 is 6.05. The van der Waals surface area contributed by atoms with Gasteiger partial charge in [-0.25, -0.2) is 19.2 Å². The number of carboxylic acids is 1. The summed E-state index contributed by atoms with van der Waals surface area (Å²) in [5.41, 5.74) is 1.69. The van der Waals surface area contributed by atoms with Crippen LogP contribution in [0.3, 0.4) is 0 Å². The average molecular weight is 621 g/mol. The number of hydrogen-bond donors (Lipinski definition) is 1. The quantitative estimate of drug-likeness (QED) is 0.244. The number of imidazole rings is 1. The fourth-order valence-corrected chi connectivity index (χ4v) is 5.78. The maximum atomic E-state index is 13.3. The monoisotopic (exact) mass is 620 g/mol. The van der Waals surface area contributed by atoms with E-state index in [1.807, 2.05) is 0 Å². The van der Waals surface area contributed by atoms with Crippen LogP contribution < -0.4 is 9.47 Å². The largest absolute Gasteiger partial charge is 0.484 e. The van der Waals surface area contributed by atoms with Crippen molar-refractivity contribution < 1.29 is 28.5 Å². The van der Waals surface area contributed by atoms with Crippen LogP contribution >= 0.6 is 11.6 Å². The van der Waals surface area contributed by atoms with Crippen LogP contribution in [0.1, 0.15) is 47.7 Å². The predicted molar refractivity (Wildman–Crippen MR) is 157 cm³/mol. The number of benzene rings is 2. The number of halogens is 2. The van der Waals surface area contributed by atoms with E-state index in [0.29, 0.717) is 63.0 Å². The number of nitriles is 1. The molecule has 0 unspecified atom stereocenters. The van der Waals surface area contributed by atoms with E-state index in [2.05, 4.69) is 25.5 Å². The van der Waals surface area contributed by atoms with Gasteiger partial charge in [0.25, 0.3) is 0 Å². The van der Waals surface area contributed by atoms with Gasteiger partial charge in [-0.1, -0.05) is 11.6 Å². The van der Waals surface area contributed by atoms with Crippen LogP contribution in [-0.4, -0.2) is 66.9 Å². The summed E-state index contributed by atoms with van der Waals surface area (Å²) in [6.45, 7) is 2.51. The van der Waals surface area contributed by atoms with Gasteiger partial charge in [0, 0.05) is 37.9 Å². The van der Waals surface area contributed by atoms with Crippen LogP contribution in [0.2, 0.25) is 5.02 Å². The number of carbonyl (C=O) groups is 1. The third-order valence-electron chi connectivity index (χ3n) is 7.93. The Kier molecular flexibility index (Phi) is 8.88. The zero-order chi connectivity index (χ0) is 30.6. The number of hydrogen-bond acceptors (Lipinski definition) is 9. The van der Waals surface area contributed by atoms with E-state index in [0.717, 1.165) is 23.3 Å². The van der Waals surface area contributed by atoms with Crippen molar-refractivity contribution in [3.8, 4) is 17.7 Å². The number of aromatic carboxylic acids is 1. The summed E-state index contributed by atoms with van der Waals surface area (Å²) in [6, 6.07) is 12.8. The molecule has 0 spiro atoms. The molecule has 2 aromatic heterocycles. The van der Waals surface area contributed by atoms with Crippen molar-refractivity contribution in [1.82, 2.24) is 24.4 Å². The molecule has 2 saturated heterocycles. The zero-order valence-corrected chi connectivity index (χ0v) is 24.5. The molecule has 0 radical (unpaired) electrons. The van der Waals surface area contributed by atoms with E-state index < -0.39 is 11.8 Å². The number of carboxylic acid groups (broad SMARTS) is 1. The average Bonchev–Trinajstić information content (AvgIpc) is 3.32. The van der Waals surface area contributed by atoms with E-state index in [1.54, 1.807) is 30.5 Å². The van der Waals surface area contributed by atoms with E-state index >= 15 is 0 Å². The number of ether oxygens (including phenoxy) is 3. The summed E-state index contributed by atoms with van der Waals surface area (Å²) in [4.78, 5) is 27.4. The highest BCUT2D eigenvalue weighted by molar-refractivity contribution is 6.32. The molecule has 0 amide bonds. The van der Waals surface area contributed by atoms with Gasteiger partial charge in [0.1, 0.15) is 30.1 Å². The Morgan fingerprint density at radius 2 is 2.07 bits per heavy atom. The zero-order valence-electron chi connectivity index (χ0n) is 23.7. The molecule has 2 aromatic carbocycles. The Morgan fingerprint density at radius 3 is 2.82 bits per heavy atom. The van der Waals surface area contributed by atoms with Gasteiger partial charge in [0.15, 0.2) is 5.82 Å². The molecular formula is C31H30ClFN6O5. The molecule has 3 atom stereocenters. The lowest BCUT2D eigenvalue weighted by Crippen LogP contribution is -2.46. The fraction of sp³-hybridized carbons (Fsp3) is 0.387. The van der Waals surface area contributed by atoms with Crippen molar-refractivity contribution in [1.29, 1.82) is 5.26 Å².